The highest BCUT2D eigenvalue weighted by molar-refractivity contribution is 6.99. The Kier molecular flexibility index (Phi) is 11.5. The second-order valence-corrected chi connectivity index (χ2v) is 19.1. The summed E-state index contributed by atoms with van der Waals surface area (Å²) < 4.78 is 33.7. The molecule has 7 heteroatoms. The van der Waals surface area contributed by atoms with Gasteiger partial charge < -0.3 is 28.5 Å². The molecule has 0 amide bonds. The SMILES string of the molecule is CC(C)(C)[Si](OC[C@@H]1O[C@@H]2C[C@H](OCc3ccccc3)[C@@H](COCc3ccccc3)O[C@H]2CC[C@@]1(C)O)(c1ccccc1)c1ccccc1. The van der Waals surface area contributed by atoms with Gasteiger partial charge >= 0.3 is 0 Å². The normalized spacial score (nSPS) is 26.1. The van der Waals surface area contributed by atoms with Crippen LogP contribution in [0.5, 0.6) is 0 Å². The van der Waals surface area contributed by atoms with E-state index in [4.69, 9.17) is 23.4 Å². The third kappa shape index (κ3) is 8.43. The van der Waals surface area contributed by atoms with Crippen molar-refractivity contribution in [3.05, 3.63) is 132 Å². The van der Waals surface area contributed by atoms with Crippen molar-refractivity contribution in [1.82, 2.24) is 0 Å². The first-order chi connectivity index (χ1) is 23.7. The Morgan fingerprint density at radius 1 is 0.714 bits per heavy atom. The summed E-state index contributed by atoms with van der Waals surface area (Å²) in [7, 11) is -2.84. The van der Waals surface area contributed by atoms with Crippen LogP contribution in [-0.4, -0.2) is 62.8 Å². The molecular formula is C42H52O6Si. The molecule has 49 heavy (non-hydrogen) atoms. The highest BCUT2D eigenvalue weighted by Crippen LogP contribution is 2.40. The van der Waals surface area contributed by atoms with E-state index in [9.17, 15) is 5.11 Å². The summed E-state index contributed by atoms with van der Waals surface area (Å²) >= 11 is 0. The largest absolute Gasteiger partial charge is 0.405 e. The van der Waals surface area contributed by atoms with Crippen LogP contribution in [0.3, 0.4) is 0 Å². The van der Waals surface area contributed by atoms with Crippen molar-refractivity contribution < 1.29 is 28.5 Å². The van der Waals surface area contributed by atoms with Crippen LogP contribution in [0, 0.1) is 0 Å². The van der Waals surface area contributed by atoms with Crippen LogP contribution < -0.4 is 10.4 Å². The number of hydrogen-bond donors (Lipinski definition) is 1. The first-order valence-electron chi connectivity index (χ1n) is 17.7. The predicted octanol–water partition coefficient (Wildman–Crippen LogP) is 6.82. The molecule has 0 aromatic heterocycles. The molecule has 260 valence electrons. The Hall–Kier alpha value is -3.14. The minimum atomic E-state index is -2.84. The van der Waals surface area contributed by atoms with Gasteiger partial charge in [0, 0.05) is 6.42 Å². The van der Waals surface area contributed by atoms with Crippen molar-refractivity contribution in [1.29, 1.82) is 0 Å². The van der Waals surface area contributed by atoms with Crippen LogP contribution in [0.2, 0.25) is 5.04 Å². The Balaban J connectivity index is 1.22. The molecule has 4 aromatic rings. The van der Waals surface area contributed by atoms with Gasteiger partial charge in [-0.1, -0.05) is 142 Å². The standard InChI is InChI=1S/C42H52O6Si/c1-41(2,3)49(34-21-13-7-14-22-34,35-23-15-8-16-24-35)46-31-40-42(4,43)26-25-36-38(48-40)27-37(45-29-33-19-11-6-12-20-33)39(47-36)30-44-28-32-17-9-5-10-18-32/h5-24,36-40,43H,25-31H2,1-4H3/t36-,37-,38+,39+,40-,42+/m0/s1. The van der Waals surface area contributed by atoms with Gasteiger partial charge in [-0.05, 0) is 46.3 Å². The lowest BCUT2D eigenvalue weighted by Crippen LogP contribution is -2.67. The van der Waals surface area contributed by atoms with E-state index >= 15 is 0 Å². The molecule has 6 nitrogen and oxygen atoms in total. The summed E-state index contributed by atoms with van der Waals surface area (Å²) in [6, 6.07) is 41.6. The van der Waals surface area contributed by atoms with E-state index in [1.165, 1.54) is 10.4 Å². The number of ether oxygens (including phenoxy) is 4. The Morgan fingerprint density at radius 3 is 1.80 bits per heavy atom. The van der Waals surface area contributed by atoms with Crippen molar-refractivity contribution in [2.24, 2.45) is 0 Å². The first kappa shape index (κ1) is 35.7. The number of fused-ring (bicyclic) bond motifs is 1. The fourth-order valence-electron chi connectivity index (χ4n) is 7.43. The van der Waals surface area contributed by atoms with Gasteiger partial charge in [0.05, 0.1) is 50.3 Å². The van der Waals surface area contributed by atoms with Gasteiger partial charge in [0.25, 0.3) is 8.32 Å². The van der Waals surface area contributed by atoms with Crippen LogP contribution in [0.25, 0.3) is 0 Å². The molecule has 2 aliphatic heterocycles. The van der Waals surface area contributed by atoms with Crippen molar-refractivity contribution in [3.8, 4) is 0 Å². The van der Waals surface area contributed by atoms with E-state index in [-0.39, 0.29) is 36.1 Å². The zero-order valence-electron chi connectivity index (χ0n) is 29.4. The van der Waals surface area contributed by atoms with E-state index in [0.717, 1.165) is 11.1 Å². The third-order valence-corrected chi connectivity index (χ3v) is 15.2. The fourth-order valence-corrected chi connectivity index (χ4v) is 12.0. The second-order valence-electron chi connectivity index (χ2n) is 14.8. The molecule has 1 N–H and O–H groups in total. The number of aliphatic hydroxyl groups is 1. The molecule has 0 saturated carbocycles. The van der Waals surface area contributed by atoms with Crippen LogP contribution in [0.15, 0.2) is 121 Å². The third-order valence-electron chi connectivity index (χ3n) is 10.2. The molecule has 2 heterocycles. The molecule has 4 aromatic carbocycles. The molecule has 0 bridgehead atoms. The highest BCUT2D eigenvalue weighted by atomic mass is 28.4. The van der Waals surface area contributed by atoms with E-state index in [2.05, 4.69) is 106 Å². The quantitative estimate of drug-likeness (QED) is 0.166. The fraction of sp³-hybridized carbons (Fsp3) is 0.429. The molecule has 2 fully saturated rings. The average molecular weight is 681 g/mol. The van der Waals surface area contributed by atoms with E-state index in [1.54, 1.807) is 0 Å². The van der Waals surface area contributed by atoms with Crippen molar-refractivity contribution >= 4 is 18.7 Å². The summed E-state index contributed by atoms with van der Waals surface area (Å²) in [5, 5.41) is 14.2. The minimum absolute atomic E-state index is 0.188. The molecule has 6 rings (SSSR count). The van der Waals surface area contributed by atoms with E-state index < -0.39 is 20.0 Å². The molecule has 2 saturated heterocycles. The summed E-state index contributed by atoms with van der Waals surface area (Å²) in [6.07, 6.45) is 0.366. The zero-order chi connectivity index (χ0) is 34.3. The van der Waals surface area contributed by atoms with Crippen LogP contribution in [0.4, 0.5) is 0 Å². The Labute approximate surface area is 293 Å². The summed E-state index contributed by atoms with van der Waals surface area (Å²) in [5.74, 6) is 0. The summed E-state index contributed by atoms with van der Waals surface area (Å²) in [4.78, 5) is 0. The maximum Gasteiger partial charge on any atom is 0.261 e. The van der Waals surface area contributed by atoms with Crippen LogP contribution in [0.1, 0.15) is 58.1 Å². The molecule has 0 aliphatic carbocycles. The Morgan fingerprint density at radius 2 is 1.24 bits per heavy atom. The van der Waals surface area contributed by atoms with Gasteiger partial charge in [0.15, 0.2) is 0 Å². The number of hydrogen-bond acceptors (Lipinski definition) is 6. The maximum atomic E-state index is 12.0. The first-order valence-corrected chi connectivity index (χ1v) is 19.6. The van der Waals surface area contributed by atoms with Crippen LogP contribution in [-0.2, 0) is 36.6 Å². The van der Waals surface area contributed by atoms with Gasteiger partial charge in [-0.3, -0.25) is 0 Å². The molecule has 2 aliphatic rings. The lowest BCUT2D eigenvalue weighted by Gasteiger charge is -2.45. The van der Waals surface area contributed by atoms with Gasteiger partial charge in [0.1, 0.15) is 12.2 Å². The smallest absolute Gasteiger partial charge is 0.261 e. The minimum Gasteiger partial charge on any atom is -0.405 e. The van der Waals surface area contributed by atoms with Gasteiger partial charge in [-0.25, -0.2) is 0 Å². The van der Waals surface area contributed by atoms with Gasteiger partial charge in [-0.2, -0.15) is 0 Å². The molecule has 6 atom stereocenters. The summed E-state index contributed by atoms with van der Waals surface area (Å²) in [6.45, 7) is 10.3. The predicted molar refractivity (Wildman–Crippen MR) is 196 cm³/mol. The lowest BCUT2D eigenvalue weighted by molar-refractivity contribution is -0.226. The zero-order valence-corrected chi connectivity index (χ0v) is 30.4. The topological polar surface area (TPSA) is 66.4 Å². The summed E-state index contributed by atoms with van der Waals surface area (Å²) in [5.41, 5.74) is 1.12. The molecule has 0 radical (unpaired) electrons. The highest BCUT2D eigenvalue weighted by Gasteiger charge is 2.52. The number of rotatable bonds is 12. The van der Waals surface area contributed by atoms with Crippen LogP contribution >= 0.6 is 0 Å². The van der Waals surface area contributed by atoms with Gasteiger partial charge in [0.2, 0.25) is 0 Å². The lowest BCUT2D eigenvalue weighted by atomic mass is 9.91. The number of benzene rings is 4. The second kappa shape index (κ2) is 15.8. The van der Waals surface area contributed by atoms with E-state index in [1.807, 2.05) is 43.3 Å². The van der Waals surface area contributed by atoms with Crippen molar-refractivity contribution in [3.63, 3.8) is 0 Å². The van der Waals surface area contributed by atoms with Gasteiger partial charge in [-0.15, -0.1) is 0 Å². The average Bonchev–Trinajstić information content (AvgIpc) is 3.23. The van der Waals surface area contributed by atoms with Crippen molar-refractivity contribution in [2.75, 3.05) is 13.2 Å². The van der Waals surface area contributed by atoms with E-state index in [0.29, 0.717) is 39.1 Å². The Bertz CT molecular complexity index is 1520. The molecular weight excluding hydrogens is 629 g/mol. The molecule has 0 spiro atoms. The monoisotopic (exact) mass is 680 g/mol. The van der Waals surface area contributed by atoms with Crippen molar-refractivity contribution in [2.45, 2.75) is 101 Å². The molecule has 0 unspecified atom stereocenters. The maximum absolute atomic E-state index is 12.0.